The highest BCUT2D eigenvalue weighted by atomic mass is 16.3. The number of furan rings is 2. The standard InChI is InChI=1S/C52H38N2O2/c1-52(2,3)35-21-25-47-43(30-35)42-29-34(20-24-46(42)54(47)36-13-5-4-6-14-36)33-12-11-15-37(28-33)53(38-22-26-50-44(31-38)40-16-7-9-18-48(40)55-50)39-23-27-51-45(32-39)41-17-8-10-19-49(41)56-51/h4-32H,1-3H3. The van der Waals surface area contributed by atoms with E-state index in [1.54, 1.807) is 0 Å². The van der Waals surface area contributed by atoms with Gasteiger partial charge in [0.1, 0.15) is 22.3 Å². The van der Waals surface area contributed by atoms with E-state index in [1.807, 2.05) is 24.3 Å². The maximum Gasteiger partial charge on any atom is 0.135 e. The Morgan fingerprint density at radius 3 is 1.57 bits per heavy atom. The van der Waals surface area contributed by atoms with Gasteiger partial charge in [0, 0.05) is 55.1 Å². The summed E-state index contributed by atoms with van der Waals surface area (Å²) in [5.41, 5.74) is 13.9. The van der Waals surface area contributed by atoms with Crippen molar-refractivity contribution in [1.29, 1.82) is 0 Å². The fourth-order valence-electron chi connectivity index (χ4n) is 8.50. The van der Waals surface area contributed by atoms with Crippen molar-refractivity contribution in [3.05, 3.63) is 181 Å². The van der Waals surface area contributed by atoms with Crippen LogP contribution in [-0.4, -0.2) is 4.57 Å². The first-order valence-corrected chi connectivity index (χ1v) is 19.2. The number of benzene rings is 8. The number of fused-ring (bicyclic) bond motifs is 9. The van der Waals surface area contributed by atoms with E-state index in [1.165, 1.54) is 32.9 Å². The fourth-order valence-corrected chi connectivity index (χ4v) is 8.50. The molecule has 11 rings (SSSR count). The maximum absolute atomic E-state index is 6.26. The summed E-state index contributed by atoms with van der Waals surface area (Å²) in [4.78, 5) is 2.35. The van der Waals surface area contributed by atoms with Gasteiger partial charge in [-0.1, -0.05) is 99.6 Å². The molecule has 3 aromatic heterocycles. The van der Waals surface area contributed by atoms with Crippen LogP contribution in [0.4, 0.5) is 17.1 Å². The third kappa shape index (κ3) is 5.14. The second-order valence-electron chi connectivity index (χ2n) is 15.8. The Bertz CT molecular complexity index is 3190. The largest absolute Gasteiger partial charge is 0.456 e. The van der Waals surface area contributed by atoms with Crippen LogP contribution in [0.1, 0.15) is 26.3 Å². The van der Waals surface area contributed by atoms with E-state index in [9.17, 15) is 0 Å². The van der Waals surface area contributed by atoms with Crippen LogP contribution < -0.4 is 4.90 Å². The van der Waals surface area contributed by atoms with Crippen LogP contribution in [0.2, 0.25) is 0 Å². The van der Waals surface area contributed by atoms with Crippen LogP contribution >= 0.6 is 0 Å². The molecule has 0 N–H and O–H groups in total. The van der Waals surface area contributed by atoms with Gasteiger partial charge in [0.15, 0.2) is 0 Å². The van der Waals surface area contributed by atoms with E-state index in [-0.39, 0.29) is 5.41 Å². The monoisotopic (exact) mass is 722 g/mol. The number of hydrogen-bond acceptors (Lipinski definition) is 3. The molecule has 0 fully saturated rings. The van der Waals surface area contributed by atoms with Crippen molar-refractivity contribution in [3.8, 4) is 16.8 Å². The minimum absolute atomic E-state index is 0.0300. The summed E-state index contributed by atoms with van der Waals surface area (Å²) in [6.07, 6.45) is 0. The Morgan fingerprint density at radius 1 is 0.393 bits per heavy atom. The minimum atomic E-state index is 0.0300. The van der Waals surface area contributed by atoms with E-state index in [0.29, 0.717) is 0 Å². The molecule has 3 heterocycles. The Labute approximate surface area is 324 Å². The molecule has 4 nitrogen and oxygen atoms in total. The van der Waals surface area contributed by atoms with Gasteiger partial charge in [0.05, 0.1) is 11.0 Å². The lowest BCUT2D eigenvalue weighted by atomic mass is 9.86. The molecule has 0 radical (unpaired) electrons. The number of aromatic nitrogens is 1. The molecule has 0 spiro atoms. The predicted octanol–water partition coefficient (Wildman–Crippen LogP) is 15.0. The van der Waals surface area contributed by atoms with Crippen LogP contribution in [0.5, 0.6) is 0 Å². The van der Waals surface area contributed by atoms with Crippen LogP contribution in [-0.2, 0) is 5.41 Å². The van der Waals surface area contributed by atoms with Gasteiger partial charge < -0.3 is 18.3 Å². The van der Waals surface area contributed by atoms with Gasteiger partial charge in [0.2, 0.25) is 0 Å². The van der Waals surface area contributed by atoms with Crippen molar-refractivity contribution in [3.63, 3.8) is 0 Å². The zero-order valence-corrected chi connectivity index (χ0v) is 31.5. The number of nitrogens with zero attached hydrogens (tertiary/aromatic N) is 2. The second kappa shape index (κ2) is 12.2. The van der Waals surface area contributed by atoms with E-state index >= 15 is 0 Å². The van der Waals surface area contributed by atoms with E-state index < -0.39 is 0 Å². The number of anilines is 3. The molecule has 8 aromatic carbocycles. The predicted molar refractivity (Wildman–Crippen MR) is 234 cm³/mol. The number of hydrogen-bond donors (Lipinski definition) is 0. The van der Waals surface area contributed by atoms with Crippen molar-refractivity contribution in [2.45, 2.75) is 26.2 Å². The van der Waals surface area contributed by atoms with Gasteiger partial charge in [-0.2, -0.15) is 0 Å². The number of para-hydroxylation sites is 3. The highest BCUT2D eigenvalue weighted by Crippen LogP contribution is 2.43. The van der Waals surface area contributed by atoms with E-state index in [4.69, 9.17) is 8.83 Å². The second-order valence-corrected chi connectivity index (χ2v) is 15.8. The molecule has 0 aliphatic heterocycles. The molecule has 0 aliphatic carbocycles. The lowest BCUT2D eigenvalue weighted by Gasteiger charge is -2.26. The van der Waals surface area contributed by atoms with Crippen molar-refractivity contribution in [1.82, 2.24) is 4.57 Å². The molecule has 0 unspecified atom stereocenters. The molecular formula is C52H38N2O2. The Morgan fingerprint density at radius 2 is 0.929 bits per heavy atom. The van der Waals surface area contributed by atoms with Gasteiger partial charge in [-0.3, -0.25) is 0 Å². The summed E-state index contributed by atoms with van der Waals surface area (Å²) in [6.45, 7) is 6.85. The molecule has 4 heteroatoms. The van der Waals surface area contributed by atoms with Crippen LogP contribution in [0, 0.1) is 0 Å². The van der Waals surface area contributed by atoms with Crippen LogP contribution in [0.15, 0.2) is 185 Å². The zero-order valence-electron chi connectivity index (χ0n) is 31.5. The lowest BCUT2D eigenvalue weighted by molar-refractivity contribution is 0.591. The summed E-state index contributed by atoms with van der Waals surface area (Å²) in [7, 11) is 0. The fraction of sp³-hybridized carbons (Fsp3) is 0.0769. The smallest absolute Gasteiger partial charge is 0.135 e. The van der Waals surface area contributed by atoms with Gasteiger partial charge in [-0.15, -0.1) is 0 Å². The highest BCUT2D eigenvalue weighted by Gasteiger charge is 2.21. The van der Waals surface area contributed by atoms with Crippen molar-refractivity contribution in [2.75, 3.05) is 4.90 Å². The van der Waals surface area contributed by atoms with Crippen molar-refractivity contribution in [2.24, 2.45) is 0 Å². The summed E-state index contributed by atoms with van der Waals surface area (Å²) in [6, 6.07) is 63.0. The average molecular weight is 723 g/mol. The quantitative estimate of drug-likeness (QED) is 0.177. The van der Waals surface area contributed by atoms with E-state index in [2.05, 4.69) is 182 Å². The summed E-state index contributed by atoms with van der Waals surface area (Å²) in [5.74, 6) is 0. The minimum Gasteiger partial charge on any atom is -0.456 e. The molecule has 268 valence electrons. The molecule has 0 aliphatic rings. The number of rotatable bonds is 5. The van der Waals surface area contributed by atoms with Crippen molar-refractivity contribution >= 4 is 82.7 Å². The molecule has 0 saturated carbocycles. The van der Waals surface area contributed by atoms with Crippen molar-refractivity contribution < 1.29 is 8.83 Å². The third-order valence-electron chi connectivity index (χ3n) is 11.3. The normalized spacial score (nSPS) is 12.2. The molecule has 0 atom stereocenters. The Hall–Kier alpha value is -7.04. The molecule has 0 amide bonds. The Kier molecular flexibility index (Phi) is 7.08. The van der Waals surface area contributed by atoms with Gasteiger partial charge >= 0.3 is 0 Å². The average Bonchev–Trinajstić information content (AvgIpc) is 3.90. The molecule has 0 bridgehead atoms. The first-order valence-electron chi connectivity index (χ1n) is 19.2. The zero-order chi connectivity index (χ0) is 37.5. The van der Waals surface area contributed by atoms with Crippen LogP contribution in [0.3, 0.4) is 0 Å². The summed E-state index contributed by atoms with van der Waals surface area (Å²) in [5, 5.41) is 6.88. The summed E-state index contributed by atoms with van der Waals surface area (Å²) < 4.78 is 14.9. The molecular weight excluding hydrogens is 685 g/mol. The van der Waals surface area contributed by atoms with Gasteiger partial charge in [0.25, 0.3) is 0 Å². The third-order valence-corrected chi connectivity index (χ3v) is 11.3. The first-order chi connectivity index (χ1) is 27.4. The Balaban J connectivity index is 1.11. The maximum atomic E-state index is 6.26. The van der Waals surface area contributed by atoms with Crippen LogP contribution in [0.25, 0.3) is 82.5 Å². The first kappa shape index (κ1) is 32.4. The molecule has 11 aromatic rings. The van der Waals surface area contributed by atoms with Gasteiger partial charge in [-0.25, -0.2) is 0 Å². The van der Waals surface area contributed by atoms with E-state index in [0.717, 1.165) is 72.2 Å². The lowest BCUT2D eigenvalue weighted by Crippen LogP contribution is -2.10. The highest BCUT2D eigenvalue weighted by molar-refractivity contribution is 6.11. The summed E-state index contributed by atoms with van der Waals surface area (Å²) >= 11 is 0. The SMILES string of the molecule is CC(C)(C)c1ccc2c(c1)c1cc(-c3cccc(N(c4ccc5oc6ccccc6c5c4)c4ccc5oc6ccccc6c5c4)c3)ccc1n2-c1ccccc1. The van der Waals surface area contributed by atoms with Gasteiger partial charge in [-0.05, 0) is 119 Å². The molecule has 56 heavy (non-hydrogen) atoms. The molecule has 0 saturated heterocycles. The topological polar surface area (TPSA) is 34.5 Å².